The van der Waals surface area contributed by atoms with Gasteiger partial charge in [0.1, 0.15) is 0 Å². The van der Waals surface area contributed by atoms with Gasteiger partial charge in [-0.25, -0.2) is 4.79 Å². The Labute approximate surface area is 108 Å². The zero-order chi connectivity index (χ0) is 13.8. The predicted octanol–water partition coefficient (Wildman–Crippen LogP) is 1.56. The molecule has 0 saturated heterocycles. The van der Waals surface area contributed by atoms with Gasteiger partial charge in [-0.1, -0.05) is 6.92 Å². The van der Waals surface area contributed by atoms with E-state index in [0.29, 0.717) is 5.69 Å². The molecule has 0 aliphatic carbocycles. The fourth-order valence-electron chi connectivity index (χ4n) is 1.92. The first-order chi connectivity index (χ1) is 8.45. The number of aromatic nitrogens is 2. The molecule has 0 aliphatic rings. The number of nitrogens with one attached hydrogen (secondary N) is 1. The van der Waals surface area contributed by atoms with Crippen LogP contribution in [0.5, 0.6) is 0 Å². The molecule has 0 saturated carbocycles. The van der Waals surface area contributed by atoms with Crippen molar-refractivity contribution in [1.82, 2.24) is 15.3 Å². The highest BCUT2D eigenvalue weighted by molar-refractivity contribution is 5.81. The van der Waals surface area contributed by atoms with Gasteiger partial charge in [0.2, 0.25) is 0 Å². The largest absolute Gasteiger partial charge is 0.467 e. The molecular formula is C13H21N3O2. The van der Waals surface area contributed by atoms with Gasteiger partial charge >= 0.3 is 5.97 Å². The smallest absolute Gasteiger partial charge is 0.332 e. The molecule has 5 heteroatoms. The van der Waals surface area contributed by atoms with Crippen LogP contribution in [0.2, 0.25) is 0 Å². The van der Waals surface area contributed by atoms with Crippen LogP contribution in [0.1, 0.15) is 38.6 Å². The normalized spacial score (nSPS) is 15.8. The first kappa shape index (κ1) is 14.6. The third kappa shape index (κ3) is 2.85. The lowest BCUT2D eigenvalue weighted by Gasteiger charge is -2.31. The summed E-state index contributed by atoms with van der Waals surface area (Å²) in [6.07, 6.45) is 4.10. The maximum absolute atomic E-state index is 12.1. The van der Waals surface area contributed by atoms with Crippen molar-refractivity contribution in [3.8, 4) is 0 Å². The molecule has 5 nitrogen and oxygen atoms in total. The van der Waals surface area contributed by atoms with E-state index in [0.717, 1.165) is 12.1 Å². The quantitative estimate of drug-likeness (QED) is 0.805. The Morgan fingerprint density at radius 1 is 1.50 bits per heavy atom. The molecule has 18 heavy (non-hydrogen) atoms. The van der Waals surface area contributed by atoms with Gasteiger partial charge in [-0.05, 0) is 27.2 Å². The molecule has 1 N–H and O–H groups in total. The number of rotatable bonds is 5. The zero-order valence-corrected chi connectivity index (χ0v) is 11.7. The second-order valence-corrected chi connectivity index (χ2v) is 4.56. The second-order valence-electron chi connectivity index (χ2n) is 4.56. The summed E-state index contributed by atoms with van der Waals surface area (Å²) in [7, 11) is 1.38. The van der Waals surface area contributed by atoms with Gasteiger partial charge in [-0.2, -0.15) is 0 Å². The topological polar surface area (TPSA) is 64.1 Å². The van der Waals surface area contributed by atoms with Crippen LogP contribution in [-0.4, -0.2) is 29.1 Å². The summed E-state index contributed by atoms with van der Waals surface area (Å²) < 4.78 is 4.90. The van der Waals surface area contributed by atoms with E-state index in [2.05, 4.69) is 22.2 Å². The number of aryl methyl sites for hydroxylation is 1. The summed E-state index contributed by atoms with van der Waals surface area (Å²) in [4.78, 5) is 20.6. The van der Waals surface area contributed by atoms with E-state index in [1.165, 1.54) is 7.11 Å². The van der Waals surface area contributed by atoms with Gasteiger partial charge in [0.15, 0.2) is 5.54 Å². The van der Waals surface area contributed by atoms with Crippen LogP contribution in [0.25, 0.3) is 0 Å². The number of methoxy groups -OCH3 is 1. The van der Waals surface area contributed by atoms with Crippen molar-refractivity contribution in [3.63, 3.8) is 0 Å². The number of esters is 1. The number of nitrogens with zero attached hydrogens (tertiary/aromatic N) is 2. The molecular weight excluding hydrogens is 230 g/mol. The average molecular weight is 251 g/mol. The fourth-order valence-corrected chi connectivity index (χ4v) is 1.92. The molecule has 1 rings (SSSR count). The molecule has 0 aromatic carbocycles. The minimum absolute atomic E-state index is 0.176. The van der Waals surface area contributed by atoms with Gasteiger partial charge < -0.3 is 4.74 Å². The Balaban J connectivity index is 3.20. The van der Waals surface area contributed by atoms with Crippen LogP contribution in [0.3, 0.4) is 0 Å². The maximum atomic E-state index is 12.1. The van der Waals surface area contributed by atoms with Gasteiger partial charge in [-0.15, -0.1) is 0 Å². The SMILES string of the molecule is CCC(C)NC(C)(C(=O)OC)c1nccnc1C. The third-order valence-corrected chi connectivity index (χ3v) is 3.10. The minimum Gasteiger partial charge on any atom is -0.467 e. The lowest BCUT2D eigenvalue weighted by molar-refractivity contribution is -0.149. The highest BCUT2D eigenvalue weighted by atomic mass is 16.5. The summed E-state index contributed by atoms with van der Waals surface area (Å²) in [5.41, 5.74) is 0.362. The molecule has 0 spiro atoms. The van der Waals surface area contributed by atoms with Gasteiger partial charge in [-0.3, -0.25) is 15.3 Å². The van der Waals surface area contributed by atoms with E-state index in [9.17, 15) is 4.79 Å². The van der Waals surface area contributed by atoms with E-state index < -0.39 is 5.54 Å². The molecule has 1 aromatic heterocycles. The summed E-state index contributed by atoms with van der Waals surface area (Å²) in [6, 6.07) is 0.176. The summed E-state index contributed by atoms with van der Waals surface area (Å²) in [5, 5.41) is 3.27. The zero-order valence-electron chi connectivity index (χ0n) is 11.7. The van der Waals surface area contributed by atoms with Crippen molar-refractivity contribution >= 4 is 5.97 Å². The highest BCUT2D eigenvalue weighted by Gasteiger charge is 2.40. The molecule has 1 heterocycles. The van der Waals surface area contributed by atoms with Crippen LogP contribution in [0.15, 0.2) is 12.4 Å². The number of ether oxygens (including phenoxy) is 1. The molecule has 1 aromatic rings. The maximum Gasteiger partial charge on any atom is 0.332 e. The number of carbonyl (C=O) groups is 1. The van der Waals surface area contributed by atoms with Crippen molar-refractivity contribution in [2.45, 2.75) is 45.7 Å². The van der Waals surface area contributed by atoms with Crippen LogP contribution >= 0.6 is 0 Å². The summed E-state index contributed by atoms with van der Waals surface area (Å²) >= 11 is 0. The standard InChI is InChI=1S/C13H21N3O2/c1-6-9(2)16-13(4,12(17)18-5)11-10(3)14-7-8-15-11/h7-9,16H,6H2,1-5H3. The highest BCUT2D eigenvalue weighted by Crippen LogP contribution is 2.23. The molecule has 0 amide bonds. The first-order valence-corrected chi connectivity index (χ1v) is 6.09. The van der Waals surface area contributed by atoms with Crippen molar-refractivity contribution in [2.75, 3.05) is 7.11 Å². The Morgan fingerprint density at radius 3 is 2.61 bits per heavy atom. The molecule has 0 bridgehead atoms. The van der Waals surface area contributed by atoms with E-state index >= 15 is 0 Å². The van der Waals surface area contributed by atoms with Crippen LogP contribution in [-0.2, 0) is 15.1 Å². The molecule has 100 valence electrons. The fraction of sp³-hybridized carbons (Fsp3) is 0.615. The van der Waals surface area contributed by atoms with Gasteiger partial charge in [0.25, 0.3) is 0 Å². The van der Waals surface area contributed by atoms with Crippen molar-refractivity contribution < 1.29 is 9.53 Å². The molecule has 0 aliphatic heterocycles. The van der Waals surface area contributed by atoms with Gasteiger partial charge in [0.05, 0.1) is 18.5 Å². The van der Waals surface area contributed by atoms with E-state index in [1.54, 1.807) is 19.3 Å². The monoisotopic (exact) mass is 251 g/mol. The Hall–Kier alpha value is -1.49. The molecule has 2 unspecified atom stereocenters. The predicted molar refractivity (Wildman–Crippen MR) is 69.0 cm³/mol. The lowest BCUT2D eigenvalue weighted by atomic mass is 9.94. The Kier molecular flexibility index (Phi) is 4.78. The molecule has 0 radical (unpaired) electrons. The number of hydrogen-bond donors (Lipinski definition) is 1. The average Bonchev–Trinajstić information content (AvgIpc) is 2.37. The summed E-state index contributed by atoms with van der Waals surface area (Å²) in [5.74, 6) is -0.355. The third-order valence-electron chi connectivity index (χ3n) is 3.10. The van der Waals surface area contributed by atoms with Gasteiger partial charge in [0, 0.05) is 18.4 Å². The van der Waals surface area contributed by atoms with Crippen molar-refractivity contribution in [3.05, 3.63) is 23.8 Å². The van der Waals surface area contributed by atoms with Crippen LogP contribution < -0.4 is 5.32 Å². The molecule has 2 atom stereocenters. The minimum atomic E-state index is -0.970. The van der Waals surface area contributed by atoms with E-state index in [1.807, 2.05) is 13.8 Å². The Morgan fingerprint density at radius 2 is 2.11 bits per heavy atom. The second kappa shape index (κ2) is 5.91. The number of hydrogen-bond acceptors (Lipinski definition) is 5. The lowest BCUT2D eigenvalue weighted by Crippen LogP contribution is -2.52. The van der Waals surface area contributed by atoms with Crippen molar-refractivity contribution in [1.29, 1.82) is 0 Å². The van der Waals surface area contributed by atoms with Crippen LogP contribution in [0.4, 0.5) is 0 Å². The van der Waals surface area contributed by atoms with E-state index in [4.69, 9.17) is 4.74 Å². The first-order valence-electron chi connectivity index (χ1n) is 6.09. The molecule has 0 fully saturated rings. The Bertz CT molecular complexity index is 422. The summed E-state index contributed by atoms with van der Waals surface area (Å²) in [6.45, 7) is 7.69. The number of carbonyl (C=O) groups excluding carboxylic acids is 1. The van der Waals surface area contributed by atoms with E-state index in [-0.39, 0.29) is 12.0 Å². The van der Waals surface area contributed by atoms with Crippen molar-refractivity contribution in [2.24, 2.45) is 0 Å². The van der Waals surface area contributed by atoms with Crippen LogP contribution in [0, 0.1) is 6.92 Å².